The fraction of sp³-hybridized carbons (Fsp3) is 0.222. The highest BCUT2D eigenvalue weighted by molar-refractivity contribution is 8.00. The van der Waals surface area contributed by atoms with Gasteiger partial charge in [-0.25, -0.2) is 4.98 Å². The first-order valence-corrected chi connectivity index (χ1v) is 8.44. The van der Waals surface area contributed by atoms with Crippen LogP contribution in [0.5, 0.6) is 5.75 Å². The zero-order valence-corrected chi connectivity index (χ0v) is 15.0. The first-order valence-electron chi connectivity index (χ1n) is 7.46. The number of rotatable bonds is 7. The zero-order chi connectivity index (χ0) is 18.6. The van der Waals surface area contributed by atoms with Crippen molar-refractivity contribution in [3.05, 3.63) is 52.7 Å². The van der Waals surface area contributed by atoms with Crippen LogP contribution in [0.1, 0.15) is 43.7 Å². The Labute approximate surface area is 149 Å². The molecule has 0 aliphatic rings. The number of carbonyl (C=O) groups is 3. The van der Waals surface area contributed by atoms with Crippen molar-refractivity contribution >= 4 is 29.2 Å². The van der Waals surface area contributed by atoms with E-state index in [1.165, 1.54) is 13.0 Å². The first-order chi connectivity index (χ1) is 11.8. The number of amides is 1. The first kappa shape index (κ1) is 18.7. The molecule has 0 bridgehead atoms. The summed E-state index contributed by atoms with van der Waals surface area (Å²) in [6.45, 7) is 3.08. The number of hydrogen-bond donors (Lipinski definition) is 1. The monoisotopic (exact) mass is 358 g/mol. The summed E-state index contributed by atoms with van der Waals surface area (Å²) in [4.78, 5) is 39.8. The molecule has 1 amide bonds. The van der Waals surface area contributed by atoms with Gasteiger partial charge in [-0.05, 0) is 44.2 Å². The number of aryl methyl sites for hydroxylation is 1. The average molecular weight is 358 g/mol. The van der Waals surface area contributed by atoms with Crippen molar-refractivity contribution in [1.82, 2.24) is 4.98 Å². The SMILES string of the molecule is COc1ccc(C(=O)CSc2nc(C)c(C(C)=O)cc2C(N)=O)cc1. The molecule has 0 spiro atoms. The summed E-state index contributed by atoms with van der Waals surface area (Å²) < 4.78 is 5.06. The van der Waals surface area contributed by atoms with Crippen LogP contribution in [-0.2, 0) is 0 Å². The van der Waals surface area contributed by atoms with Gasteiger partial charge < -0.3 is 10.5 Å². The van der Waals surface area contributed by atoms with E-state index in [1.807, 2.05) is 0 Å². The highest BCUT2D eigenvalue weighted by Gasteiger charge is 2.17. The van der Waals surface area contributed by atoms with E-state index in [9.17, 15) is 14.4 Å². The largest absolute Gasteiger partial charge is 0.497 e. The second-order valence-corrected chi connectivity index (χ2v) is 6.30. The molecule has 25 heavy (non-hydrogen) atoms. The lowest BCUT2D eigenvalue weighted by Crippen LogP contribution is -2.16. The van der Waals surface area contributed by atoms with Gasteiger partial charge in [-0.15, -0.1) is 0 Å². The lowest BCUT2D eigenvalue weighted by Gasteiger charge is -2.10. The predicted octanol–water partition coefficient (Wildman–Crippen LogP) is 2.68. The van der Waals surface area contributed by atoms with Crippen LogP contribution < -0.4 is 10.5 Å². The molecule has 0 aliphatic heterocycles. The summed E-state index contributed by atoms with van der Waals surface area (Å²) in [5.74, 6) is -0.235. The summed E-state index contributed by atoms with van der Waals surface area (Å²) in [6, 6.07) is 8.20. The Hall–Kier alpha value is -2.67. The number of benzene rings is 1. The zero-order valence-electron chi connectivity index (χ0n) is 14.2. The number of methoxy groups -OCH3 is 1. The normalized spacial score (nSPS) is 10.4. The number of carbonyl (C=O) groups excluding carboxylic acids is 3. The molecule has 2 aromatic rings. The van der Waals surface area contributed by atoms with Gasteiger partial charge in [0, 0.05) is 16.8 Å². The number of thioether (sulfide) groups is 1. The van der Waals surface area contributed by atoms with Crippen molar-refractivity contribution in [2.45, 2.75) is 18.9 Å². The van der Waals surface area contributed by atoms with E-state index in [-0.39, 0.29) is 22.9 Å². The van der Waals surface area contributed by atoms with Gasteiger partial charge in [-0.1, -0.05) is 11.8 Å². The molecule has 0 aliphatic carbocycles. The second kappa shape index (κ2) is 7.94. The number of ketones is 2. The van der Waals surface area contributed by atoms with Crippen molar-refractivity contribution < 1.29 is 19.1 Å². The minimum absolute atomic E-state index is 0.0957. The Morgan fingerprint density at radius 1 is 1.16 bits per heavy atom. The Morgan fingerprint density at radius 3 is 2.32 bits per heavy atom. The lowest BCUT2D eigenvalue weighted by atomic mass is 10.1. The number of Topliss-reactive ketones (excluding diaryl/α,β-unsaturated/α-hetero) is 2. The molecule has 2 N–H and O–H groups in total. The van der Waals surface area contributed by atoms with E-state index in [0.717, 1.165) is 11.8 Å². The summed E-state index contributed by atoms with van der Waals surface area (Å²) in [5.41, 5.74) is 6.90. The van der Waals surface area contributed by atoms with Gasteiger partial charge in [0.05, 0.1) is 18.4 Å². The summed E-state index contributed by atoms with van der Waals surface area (Å²) in [7, 11) is 1.55. The van der Waals surface area contributed by atoms with Crippen LogP contribution in [0, 0.1) is 6.92 Å². The molecular formula is C18H18N2O4S. The molecule has 2 rings (SSSR count). The number of aromatic nitrogens is 1. The molecule has 0 radical (unpaired) electrons. The molecule has 0 saturated carbocycles. The predicted molar refractivity (Wildman–Crippen MR) is 95.5 cm³/mol. The van der Waals surface area contributed by atoms with Crippen molar-refractivity contribution in [3.63, 3.8) is 0 Å². The number of primary amides is 1. The molecule has 0 saturated heterocycles. The van der Waals surface area contributed by atoms with Crippen LogP contribution in [0.3, 0.4) is 0 Å². The van der Waals surface area contributed by atoms with Crippen LogP contribution in [0.4, 0.5) is 0 Å². The third-order valence-electron chi connectivity index (χ3n) is 3.57. The number of hydrogen-bond acceptors (Lipinski definition) is 6. The minimum Gasteiger partial charge on any atom is -0.497 e. The summed E-state index contributed by atoms with van der Waals surface area (Å²) >= 11 is 1.12. The third-order valence-corrected chi connectivity index (χ3v) is 4.57. The van der Waals surface area contributed by atoms with Gasteiger partial charge in [0.2, 0.25) is 0 Å². The second-order valence-electron chi connectivity index (χ2n) is 5.33. The van der Waals surface area contributed by atoms with Gasteiger partial charge in [-0.2, -0.15) is 0 Å². The van der Waals surface area contributed by atoms with Crippen LogP contribution in [0.15, 0.2) is 35.4 Å². The highest BCUT2D eigenvalue weighted by atomic mass is 32.2. The molecule has 0 unspecified atom stereocenters. The Morgan fingerprint density at radius 2 is 1.80 bits per heavy atom. The van der Waals surface area contributed by atoms with Crippen molar-refractivity contribution in [2.24, 2.45) is 5.73 Å². The third kappa shape index (κ3) is 4.45. The van der Waals surface area contributed by atoms with E-state index in [4.69, 9.17) is 10.5 Å². The summed E-state index contributed by atoms with van der Waals surface area (Å²) in [5, 5.41) is 0.344. The molecule has 1 heterocycles. The Bertz CT molecular complexity index is 832. The number of ether oxygens (including phenoxy) is 1. The topological polar surface area (TPSA) is 99.3 Å². The van der Waals surface area contributed by atoms with E-state index >= 15 is 0 Å². The average Bonchev–Trinajstić information content (AvgIpc) is 2.59. The molecule has 1 aromatic carbocycles. The van der Waals surface area contributed by atoms with E-state index < -0.39 is 5.91 Å². The number of pyridine rings is 1. The molecule has 130 valence electrons. The van der Waals surface area contributed by atoms with Gasteiger partial charge in [0.1, 0.15) is 10.8 Å². The summed E-state index contributed by atoms with van der Waals surface area (Å²) in [6.07, 6.45) is 0. The van der Waals surface area contributed by atoms with Crippen molar-refractivity contribution in [2.75, 3.05) is 12.9 Å². The maximum Gasteiger partial charge on any atom is 0.251 e. The minimum atomic E-state index is -0.686. The molecule has 0 atom stereocenters. The van der Waals surface area contributed by atoms with Gasteiger partial charge >= 0.3 is 0 Å². The van der Waals surface area contributed by atoms with Crippen LogP contribution in [0.2, 0.25) is 0 Å². The molecule has 6 nitrogen and oxygen atoms in total. The fourth-order valence-electron chi connectivity index (χ4n) is 2.22. The quantitative estimate of drug-likeness (QED) is 0.603. The number of nitrogens with two attached hydrogens (primary N) is 1. The molecule has 1 aromatic heterocycles. The molecular weight excluding hydrogens is 340 g/mol. The van der Waals surface area contributed by atoms with Crippen LogP contribution in [0.25, 0.3) is 0 Å². The van der Waals surface area contributed by atoms with E-state index in [2.05, 4.69) is 4.98 Å². The van der Waals surface area contributed by atoms with Gasteiger partial charge in [-0.3, -0.25) is 14.4 Å². The Kier molecular flexibility index (Phi) is 5.93. The van der Waals surface area contributed by atoms with Crippen LogP contribution >= 0.6 is 11.8 Å². The van der Waals surface area contributed by atoms with Gasteiger partial charge in [0.25, 0.3) is 5.91 Å². The van der Waals surface area contributed by atoms with E-state index in [0.29, 0.717) is 27.6 Å². The fourth-order valence-corrected chi connectivity index (χ4v) is 3.17. The van der Waals surface area contributed by atoms with Gasteiger partial charge in [0.15, 0.2) is 11.6 Å². The highest BCUT2D eigenvalue weighted by Crippen LogP contribution is 2.24. The van der Waals surface area contributed by atoms with Crippen LogP contribution in [-0.4, -0.2) is 35.3 Å². The van der Waals surface area contributed by atoms with Crippen molar-refractivity contribution in [3.8, 4) is 5.75 Å². The Balaban J connectivity index is 2.21. The standard InChI is InChI=1S/C18H18N2O4S/c1-10-14(11(2)21)8-15(17(19)23)18(20-10)25-9-16(22)12-4-6-13(24-3)7-5-12/h4-8H,9H2,1-3H3,(H2,19,23). The maximum atomic E-state index is 12.3. The molecule has 0 fully saturated rings. The smallest absolute Gasteiger partial charge is 0.251 e. The maximum absolute atomic E-state index is 12.3. The number of nitrogens with zero attached hydrogens (tertiary/aromatic N) is 1. The lowest BCUT2D eigenvalue weighted by molar-refractivity contribution is 0.0992. The van der Waals surface area contributed by atoms with Crippen molar-refractivity contribution in [1.29, 1.82) is 0 Å². The molecule has 7 heteroatoms. The van der Waals surface area contributed by atoms with E-state index in [1.54, 1.807) is 38.3 Å².